The van der Waals surface area contributed by atoms with Crippen LogP contribution in [-0.4, -0.2) is 11.0 Å². The SMILES string of the molecule is NC(Cc1ccncc1)C1=CCCCCC1. The first-order valence-electron chi connectivity index (χ1n) is 6.19. The van der Waals surface area contributed by atoms with E-state index in [4.69, 9.17) is 5.73 Å². The Morgan fingerprint density at radius 1 is 1.19 bits per heavy atom. The van der Waals surface area contributed by atoms with Crippen LogP contribution in [0, 0.1) is 0 Å². The normalized spacial score (nSPS) is 18.7. The number of allylic oxidation sites excluding steroid dienone is 1. The van der Waals surface area contributed by atoms with Gasteiger partial charge in [0.05, 0.1) is 0 Å². The predicted octanol–water partition coefficient (Wildman–Crippen LogP) is 2.84. The Bertz CT molecular complexity index is 343. The van der Waals surface area contributed by atoms with Gasteiger partial charge in [0.15, 0.2) is 0 Å². The summed E-state index contributed by atoms with van der Waals surface area (Å²) in [5, 5.41) is 0. The molecule has 0 spiro atoms. The van der Waals surface area contributed by atoms with Gasteiger partial charge in [0.1, 0.15) is 0 Å². The monoisotopic (exact) mass is 216 g/mol. The first-order chi connectivity index (χ1) is 7.86. The molecular formula is C14H20N2. The Morgan fingerprint density at radius 3 is 2.81 bits per heavy atom. The van der Waals surface area contributed by atoms with Gasteiger partial charge in [-0.1, -0.05) is 18.1 Å². The minimum absolute atomic E-state index is 0.195. The number of nitrogens with two attached hydrogens (primary N) is 1. The molecule has 1 unspecified atom stereocenters. The lowest BCUT2D eigenvalue weighted by Crippen LogP contribution is -2.25. The van der Waals surface area contributed by atoms with Crippen molar-refractivity contribution in [1.82, 2.24) is 4.98 Å². The van der Waals surface area contributed by atoms with Gasteiger partial charge < -0.3 is 5.73 Å². The molecule has 0 amide bonds. The molecule has 1 aromatic heterocycles. The third-order valence-electron chi connectivity index (χ3n) is 3.26. The molecule has 0 aliphatic heterocycles. The third-order valence-corrected chi connectivity index (χ3v) is 3.26. The maximum absolute atomic E-state index is 6.26. The van der Waals surface area contributed by atoms with Crippen molar-refractivity contribution in [1.29, 1.82) is 0 Å². The summed E-state index contributed by atoms with van der Waals surface area (Å²) in [6.07, 6.45) is 13.3. The zero-order valence-electron chi connectivity index (χ0n) is 9.73. The van der Waals surface area contributed by atoms with Crippen LogP contribution in [0.1, 0.15) is 37.7 Å². The molecular weight excluding hydrogens is 196 g/mol. The molecule has 2 heteroatoms. The Kier molecular flexibility index (Phi) is 4.11. The molecule has 0 radical (unpaired) electrons. The van der Waals surface area contributed by atoms with E-state index < -0.39 is 0 Å². The Morgan fingerprint density at radius 2 is 2.00 bits per heavy atom. The van der Waals surface area contributed by atoms with Crippen LogP contribution >= 0.6 is 0 Å². The molecule has 0 bridgehead atoms. The minimum Gasteiger partial charge on any atom is -0.324 e. The summed E-state index contributed by atoms with van der Waals surface area (Å²) in [5.74, 6) is 0. The highest BCUT2D eigenvalue weighted by atomic mass is 14.6. The topological polar surface area (TPSA) is 38.9 Å². The Hall–Kier alpha value is -1.15. The standard InChI is InChI=1S/C14H20N2/c15-14(11-12-7-9-16-10-8-12)13-5-3-1-2-4-6-13/h5,7-10,14H,1-4,6,11,15H2. The van der Waals surface area contributed by atoms with Crippen LogP contribution in [0.2, 0.25) is 0 Å². The third kappa shape index (κ3) is 3.17. The second-order valence-electron chi connectivity index (χ2n) is 4.54. The van der Waals surface area contributed by atoms with Gasteiger partial charge in [0, 0.05) is 18.4 Å². The maximum atomic E-state index is 6.26. The van der Waals surface area contributed by atoms with Crippen molar-refractivity contribution in [3.05, 3.63) is 41.7 Å². The van der Waals surface area contributed by atoms with E-state index in [0.717, 1.165) is 6.42 Å². The first-order valence-corrected chi connectivity index (χ1v) is 6.19. The summed E-state index contributed by atoms with van der Waals surface area (Å²) in [6.45, 7) is 0. The zero-order chi connectivity index (χ0) is 11.2. The number of rotatable bonds is 3. The lowest BCUT2D eigenvalue weighted by Gasteiger charge is -2.15. The van der Waals surface area contributed by atoms with Gasteiger partial charge in [0.2, 0.25) is 0 Å². The Labute approximate surface area is 97.6 Å². The van der Waals surface area contributed by atoms with E-state index >= 15 is 0 Å². The fourth-order valence-corrected chi connectivity index (χ4v) is 2.28. The van der Waals surface area contributed by atoms with Crippen LogP contribution in [-0.2, 0) is 6.42 Å². The maximum Gasteiger partial charge on any atom is 0.0294 e. The summed E-state index contributed by atoms with van der Waals surface area (Å²) in [5.41, 5.74) is 9.00. The molecule has 1 heterocycles. The van der Waals surface area contributed by atoms with E-state index in [1.165, 1.54) is 43.2 Å². The second-order valence-corrected chi connectivity index (χ2v) is 4.54. The van der Waals surface area contributed by atoms with Crippen molar-refractivity contribution >= 4 is 0 Å². The number of pyridine rings is 1. The van der Waals surface area contributed by atoms with Gasteiger partial charge in [-0.05, 0) is 49.8 Å². The smallest absolute Gasteiger partial charge is 0.0294 e. The van der Waals surface area contributed by atoms with Gasteiger partial charge in [-0.3, -0.25) is 4.98 Å². The molecule has 86 valence electrons. The first kappa shape index (κ1) is 11.3. The highest BCUT2D eigenvalue weighted by molar-refractivity contribution is 5.19. The fraction of sp³-hybridized carbons (Fsp3) is 0.500. The van der Waals surface area contributed by atoms with Crippen LogP contribution in [0.4, 0.5) is 0 Å². The van der Waals surface area contributed by atoms with Crippen LogP contribution in [0.25, 0.3) is 0 Å². The molecule has 1 aromatic rings. The van der Waals surface area contributed by atoms with Crippen molar-refractivity contribution in [2.75, 3.05) is 0 Å². The van der Waals surface area contributed by atoms with Crippen LogP contribution in [0.3, 0.4) is 0 Å². The molecule has 0 aromatic carbocycles. The molecule has 1 aliphatic carbocycles. The van der Waals surface area contributed by atoms with E-state index in [1.807, 2.05) is 12.4 Å². The number of hydrogen-bond donors (Lipinski definition) is 1. The molecule has 2 rings (SSSR count). The van der Waals surface area contributed by atoms with Gasteiger partial charge in [-0.15, -0.1) is 0 Å². The average molecular weight is 216 g/mol. The predicted molar refractivity (Wildman–Crippen MR) is 67.1 cm³/mol. The molecule has 1 aliphatic rings. The van der Waals surface area contributed by atoms with Gasteiger partial charge in [-0.2, -0.15) is 0 Å². The van der Waals surface area contributed by atoms with Crippen LogP contribution in [0.5, 0.6) is 0 Å². The van der Waals surface area contributed by atoms with Crippen molar-refractivity contribution in [3.63, 3.8) is 0 Å². The molecule has 16 heavy (non-hydrogen) atoms. The number of aromatic nitrogens is 1. The summed E-state index contributed by atoms with van der Waals surface area (Å²) >= 11 is 0. The van der Waals surface area contributed by atoms with E-state index in [2.05, 4.69) is 23.2 Å². The van der Waals surface area contributed by atoms with E-state index in [1.54, 1.807) is 0 Å². The van der Waals surface area contributed by atoms with Crippen molar-refractivity contribution in [2.24, 2.45) is 5.73 Å². The summed E-state index contributed by atoms with van der Waals surface area (Å²) < 4.78 is 0. The largest absolute Gasteiger partial charge is 0.324 e. The van der Waals surface area contributed by atoms with E-state index in [0.29, 0.717) is 0 Å². The Balaban J connectivity index is 1.97. The van der Waals surface area contributed by atoms with Crippen LogP contribution in [0.15, 0.2) is 36.2 Å². The van der Waals surface area contributed by atoms with Crippen LogP contribution < -0.4 is 5.73 Å². The number of nitrogens with zero attached hydrogens (tertiary/aromatic N) is 1. The second kappa shape index (κ2) is 5.80. The fourth-order valence-electron chi connectivity index (χ4n) is 2.28. The van der Waals surface area contributed by atoms with Gasteiger partial charge >= 0.3 is 0 Å². The molecule has 1 atom stereocenters. The minimum atomic E-state index is 0.195. The zero-order valence-corrected chi connectivity index (χ0v) is 9.73. The summed E-state index contributed by atoms with van der Waals surface area (Å²) in [4.78, 5) is 4.02. The molecule has 0 saturated carbocycles. The highest BCUT2D eigenvalue weighted by Gasteiger charge is 2.11. The molecule has 0 saturated heterocycles. The van der Waals surface area contributed by atoms with E-state index in [9.17, 15) is 0 Å². The lowest BCUT2D eigenvalue weighted by atomic mass is 9.97. The summed E-state index contributed by atoms with van der Waals surface area (Å²) in [6, 6.07) is 4.30. The molecule has 2 nitrogen and oxygen atoms in total. The summed E-state index contributed by atoms with van der Waals surface area (Å²) in [7, 11) is 0. The van der Waals surface area contributed by atoms with Crippen molar-refractivity contribution in [3.8, 4) is 0 Å². The van der Waals surface area contributed by atoms with Crippen molar-refractivity contribution in [2.45, 2.75) is 44.6 Å². The van der Waals surface area contributed by atoms with Crippen molar-refractivity contribution < 1.29 is 0 Å². The number of hydrogen-bond acceptors (Lipinski definition) is 2. The average Bonchev–Trinajstić information content (AvgIpc) is 2.59. The molecule has 2 N–H and O–H groups in total. The molecule has 0 fully saturated rings. The lowest BCUT2D eigenvalue weighted by molar-refractivity contribution is 0.671. The van der Waals surface area contributed by atoms with Gasteiger partial charge in [0.25, 0.3) is 0 Å². The van der Waals surface area contributed by atoms with E-state index in [-0.39, 0.29) is 6.04 Å². The van der Waals surface area contributed by atoms with Gasteiger partial charge in [-0.25, -0.2) is 0 Å². The quantitative estimate of drug-likeness (QED) is 0.789. The highest BCUT2D eigenvalue weighted by Crippen LogP contribution is 2.20.